The van der Waals surface area contributed by atoms with Crippen molar-refractivity contribution in [3.8, 4) is 11.8 Å². The van der Waals surface area contributed by atoms with Gasteiger partial charge in [0.15, 0.2) is 0 Å². The molecule has 0 unspecified atom stereocenters. The van der Waals surface area contributed by atoms with Gasteiger partial charge >= 0.3 is 0 Å². The van der Waals surface area contributed by atoms with Crippen LogP contribution < -0.4 is 0 Å². The summed E-state index contributed by atoms with van der Waals surface area (Å²) in [5.41, 5.74) is 0.507. The number of aromatic nitrogens is 3. The zero-order valence-electron chi connectivity index (χ0n) is 7.05. The predicted molar refractivity (Wildman–Crippen MR) is 46.0 cm³/mol. The van der Waals surface area contributed by atoms with E-state index >= 15 is 0 Å². The summed E-state index contributed by atoms with van der Waals surface area (Å²) < 4.78 is 13.2. The van der Waals surface area contributed by atoms with Gasteiger partial charge in [0.2, 0.25) is 0 Å². The zero-order valence-corrected chi connectivity index (χ0v) is 7.05. The van der Waals surface area contributed by atoms with E-state index in [2.05, 4.69) is 10.2 Å². The van der Waals surface area contributed by atoms with E-state index in [1.54, 1.807) is 12.1 Å². The second kappa shape index (κ2) is 3.26. The lowest BCUT2D eigenvalue weighted by Crippen LogP contribution is -1.99. The molecule has 0 aliphatic rings. The van der Waals surface area contributed by atoms with Crippen LogP contribution in [-0.2, 0) is 0 Å². The van der Waals surface area contributed by atoms with E-state index in [-0.39, 0.29) is 5.56 Å². The number of hydrogen-bond donors (Lipinski definition) is 0. The monoisotopic (exact) mass is 188 g/mol. The fourth-order valence-electron chi connectivity index (χ4n) is 1.07. The maximum atomic E-state index is 13.2. The molecule has 0 radical (unpaired) electrons. The van der Waals surface area contributed by atoms with Crippen molar-refractivity contribution < 1.29 is 4.39 Å². The third-order valence-electron chi connectivity index (χ3n) is 1.72. The van der Waals surface area contributed by atoms with E-state index in [1.165, 1.54) is 29.3 Å². The third kappa shape index (κ3) is 1.33. The molecule has 0 saturated carbocycles. The smallest absolute Gasteiger partial charge is 0.143 e. The molecule has 14 heavy (non-hydrogen) atoms. The van der Waals surface area contributed by atoms with E-state index < -0.39 is 5.82 Å². The van der Waals surface area contributed by atoms with E-state index in [4.69, 9.17) is 5.26 Å². The Morgan fingerprint density at radius 3 is 2.57 bits per heavy atom. The third-order valence-corrected chi connectivity index (χ3v) is 1.72. The Bertz CT molecular complexity index is 484. The van der Waals surface area contributed by atoms with Gasteiger partial charge in [-0.05, 0) is 12.1 Å². The summed E-state index contributed by atoms with van der Waals surface area (Å²) in [5, 5.41) is 16.2. The van der Waals surface area contributed by atoms with Crippen molar-refractivity contribution >= 4 is 0 Å². The Kier molecular flexibility index (Phi) is 1.95. The van der Waals surface area contributed by atoms with Crippen molar-refractivity contribution in [3.05, 3.63) is 42.0 Å². The zero-order chi connectivity index (χ0) is 9.97. The average molecular weight is 188 g/mol. The van der Waals surface area contributed by atoms with E-state index in [0.29, 0.717) is 5.69 Å². The van der Waals surface area contributed by atoms with Crippen LogP contribution in [0.2, 0.25) is 0 Å². The lowest BCUT2D eigenvalue weighted by Gasteiger charge is -1.99. The van der Waals surface area contributed by atoms with Crippen LogP contribution in [0, 0.1) is 17.1 Å². The normalized spacial score (nSPS) is 9.71. The molecule has 0 bridgehead atoms. The highest BCUT2D eigenvalue weighted by Gasteiger charge is 2.04. The molecule has 0 amide bonds. The second-order valence-electron chi connectivity index (χ2n) is 2.59. The lowest BCUT2D eigenvalue weighted by molar-refractivity contribution is 0.618. The van der Waals surface area contributed by atoms with Crippen LogP contribution in [0.4, 0.5) is 4.39 Å². The van der Waals surface area contributed by atoms with Gasteiger partial charge in [0.05, 0.1) is 23.6 Å². The maximum absolute atomic E-state index is 13.2. The second-order valence-corrected chi connectivity index (χ2v) is 2.59. The Morgan fingerprint density at radius 2 is 2.00 bits per heavy atom. The van der Waals surface area contributed by atoms with Crippen LogP contribution in [0.5, 0.6) is 0 Å². The van der Waals surface area contributed by atoms with Crippen LogP contribution >= 0.6 is 0 Å². The minimum atomic E-state index is -0.567. The fraction of sp³-hybridized carbons (Fsp3) is 0. The van der Waals surface area contributed by atoms with Crippen molar-refractivity contribution in [3.63, 3.8) is 0 Å². The van der Waals surface area contributed by atoms with Crippen LogP contribution in [0.15, 0.2) is 30.6 Å². The minimum Gasteiger partial charge on any atom is -0.205 e. The minimum absolute atomic E-state index is 0.0147. The quantitative estimate of drug-likeness (QED) is 0.677. The van der Waals surface area contributed by atoms with Gasteiger partial charge in [0.1, 0.15) is 11.9 Å². The molecule has 0 aliphatic heterocycles. The first-order chi connectivity index (χ1) is 6.81. The number of halogens is 1. The standard InChI is InChI=1S/C9H5FN4/c10-9-5-8(2-1-7(9)6-11)14-12-3-4-13-14/h1-5H. The van der Waals surface area contributed by atoms with Crippen LogP contribution in [0.1, 0.15) is 5.56 Å². The number of nitrogens with zero attached hydrogens (tertiary/aromatic N) is 4. The summed E-state index contributed by atoms with van der Waals surface area (Å²) in [6, 6.07) is 5.95. The van der Waals surface area contributed by atoms with Gasteiger partial charge in [-0.2, -0.15) is 20.3 Å². The molecule has 2 aromatic rings. The summed E-state index contributed by atoms with van der Waals surface area (Å²) in [6.07, 6.45) is 2.99. The summed E-state index contributed by atoms with van der Waals surface area (Å²) >= 11 is 0. The maximum Gasteiger partial charge on any atom is 0.143 e. The molecule has 1 aromatic carbocycles. The Hall–Kier alpha value is -2.22. The van der Waals surface area contributed by atoms with Crippen LogP contribution in [0.25, 0.3) is 5.69 Å². The Balaban J connectivity index is 2.49. The SMILES string of the molecule is N#Cc1ccc(-n2nccn2)cc1F. The highest BCUT2D eigenvalue weighted by atomic mass is 19.1. The molecule has 4 nitrogen and oxygen atoms in total. The van der Waals surface area contributed by atoms with Gasteiger partial charge in [0, 0.05) is 6.07 Å². The average Bonchev–Trinajstić information content (AvgIpc) is 2.70. The molecule has 68 valence electrons. The topological polar surface area (TPSA) is 54.5 Å². The molecular formula is C9H5FN4. The van der Waals surface area contributed by atoms with Crippen molar-refractivity contribution in [2.75, 3.05) is 0 Å². The number of nitriles is 1. The molecule has 2 rings (SSSR count). The molecule has 0 fully saturated rings. The summed E-state index contributed by atoms with van der Waals surface area (Å²) in [4.78, 5) is 1.28. The van der Waals surface area contributed by atoms with Gasteiger partial charge in [-0.1, -0.05) is 0 Å². The van der Waals surface area contributed by atoms with Gasteiger partial charge in [0.25, 0.3) is 0 Å². The largest absolute Gasteiger partial charge is 0.205 e. The molecule has 0 saturated heterocycles. The van der Waals surface area contributed by atoms with Gasteiger partial charge in [-0.15, -0.1) is 0 Å². The molecule has 0 atom stereocenters. The lowest BCUT2D eigenvalue weighted by atomic mass is 10.2. The van der Waals surface area contributed by atoms with Gasteiger partial charge < -0.3 is 0 Å². The Morgan fingerprint density at radius 1 is 1.29 bits per heavy atom. The number of hydrogen-bond acceptors (Lipinski definition) is 3. The van der Waals surface area contributed by atoms with E-state index in [9.17, 15) is 4.39 Å². The first kappa shape index (κ1) is 8.38. The molecule has 0 aliphatic carbocycles. The molecule has 1 heterocycles. The van der Waals surface area contributed by atoms with Gasteiger partial charge in [-0.25, -0.2) is 4.39 Å². The fourth-order valence-corrected chi connectivity index (χ4v) is 1.07. The molecule has 0 N–H and O–H groups in total. The molecule has 0 spiro atoms. The highest BCUT2D eigenvalue weighted by Crippen LogP contribution is 2.11. The summed E-state index contributed by atoms with van der Waals surface area (Å²) in [7, 11) is 0. The van der Waals surface area contributed by atoms with Crippen molar-refractivity contribution in [2.45, 2.75) is 0 Å². The van der Waals surface area contributed by atoms with E-state index in [1.807, 2.05) is 0 Å². The van der Waals surface area contributed by atoms with E-state index in [0.717, 1.165) is 0 Å². The summed E-state index contributed by atoms with van der Waals surface area (Å²) in [6.45, 7) is 0. The number of rotatable bonds is 1. The van der Waals surface area contributed by atoms with Crippen molar-refractivity contribution in [1.82, 2.24) is 15.0 Å². The van der Waals surface area contributed by atoms with Crippen LogP contribution in [-0.4, -0.2) is 15.0 Å². The van der Waals surface area contributed by atoms with Crippen molar-refractivity contribution in [2.24, 2.45) is 0 Å². The summed E-state index contributed by atoms with van der Waals surface area (Å²) in [5.74, 6) is -0.567. The molecular weight excluding hydrogens is 183 g/mol. The highest BCUT2D eigenvalue weighted by molar-refractivity contribution is 5.39. The van der Waals surface area contributed by atoms with Gasteiger partial charge in [-0.3, -0.25) is 0 Å². The first-order valence-electron chi connectivity index (χ1n) is 3.87. The molecule has 1 aromatic heterocycles. The predicted octanol–water partition coefficient (Wildman–Crippen LogP) is 1.28. The first-order valence-corrected chi connectivity index (χ1v) is 3.87. The molecule has 5 heteroatoms. The van der Waals surface area contributed by atoms with Crippen LogP contribution in [0.3, 0.4) is 0 Å². The number of benzene rings is 1. The van der Waals surface area contributed by atoms with Crippen molar-refractivity contribution in [1.29, 1.82) is 5.26 Å². The Labute approximate surface area is 79.2 Å².